The van der Waals surface area contributed by atoms with Gasteiger partial charge in [0.1, 0.15) is 5.75 Å². The second kappa shape index (κ2) is 8.95. The number of carbonyl (C=O) groups excluding carboxylic acids is 1. The minimum absolute atomic E-state index is 0.0741. The maximum Gasteiger partial charge on any atom is 0.223 e. The van der Waals surface area contributed by atoms with E-state index in [2.05, 4.69) is 15.6 Å². The second-order valence-corrected chi connectivity index (χ2v) is 6.95. The smallest absolute Gasteiger partial charge is 0.223 e. The van der Waals surface area contributed by atoms with E-state index in [4.69, 9.17) is 4.74 Å². The Labute approximate surface area is 159 Å². The normalized spacial score (nSPS) is 19.5. The van der Waals surface area contributed by atoms with Crippen LogP contribution in [0.5, 0.6) is 5.75 Å². The maximum absolute atomic E-state index is 13.1. The van der Waals surface area contributed by atoms with Gasteiger partial charge in [-0.2, -0.15) is 4.39 Å². The zero-order valence-corrected chi connectivity index (χ0v) is 15.8. The standard InChI is InChI=1S/C21H26FN3O2/c1-23-18-7-3-14(4-8-18)21(26)25-13-17-11-15(5-9-19(17)27-2)16-6-10-20(22)24-12-16/h5-6,9-12,14,18,23H,3-4,7-8,13H2,1-2H3,(H,25,26). The molecule has 1 aliphatic carbocycles. The van der Waals surface area contributed by atoms with Crippen LogP contribution in [0.1, 0.15) is 31.2 Å². The lowest BCUT2D eigenvalue weighted by molar-refractivity contribution is -0.126. The first-order valence-corrected chi connectivity index (χ1v) is 9.34. The van der Waals surface area contributed by atoms with E-state index < -0.39 is 5.95 Å². The number of carbonyl (C=O) groups is 1. The minimum atomic E-state index is -0.507. The summed E-state index contributed by atoms with van der Waals surface area (Å²) in [7, 11) is 3.58. The Kier molecular flexibility index (Phi) is 6.40. The molecule has 1 aliphatic rings. The number of hydrogen-bond donors (Lipinski definition) is 2. The predicted molar refractivity (Wildman–Crippen MR) is 103 cm³/mol. The lowest BCUT2D eigenvalue weighted by atomic mass is 9.85. The van der Waals surface area contributed by atoms with Crippen molar-refractivity contribution < 1.29 is 13.9 Å². The van der Waals surface area contributed by atoms with Crippen LogP contribution in [0.4, 0.5) is 4.39 Å². The Bertz CT molecular complexity index is 771. The minimum Gasteiger partial charge on any atom is -0.496 e. The summed E-state index contributed by atoms with van der Waals surface area (Å²) >= 11 is 0. The van der Waals surface area contributed by atoms with Crippen LogP contribution in [0.2, 0.25) is 0 Å². The van der Waals surface area contributed by atoms with Crippen molar-refractivity contribution in [2.75, 3.05) is 14.2 Å². The van der Waals surface area contributed by atoms with Crippen LogP contribution >= 0.6 is 0 Å². The molecule has 6 heteroatoms. The molecular formula is C21H26FN3O2. The van der Waals surface area contributed by atoms with Gasteiger partial charge in [-0.1, -0.05) is 6.07 Å². The third-order valence-corrected chi connectivity index (χ3v) is 5.30. The van der Waals surface area contributed by atoms with Crippen molar-refractivity contribution in [3.8, 4) is 16.9 Å². The third kappa shape index (κ3) is 4.83. The summed E-state index contributed by atoms with van der Waals surface area (Å²) in [5, 5.41) is 6.33. The molecule has 144 valence electrons. The van der Waals surface area contributed by atoms with Gasteiger partial charge in [-0.3, -0.25) is 4.79 Å². The molecule has 0 unspecified atom stereocenters. The molecule has 1 heterocycles. The lowest BCUT2D eigenvalue weighted by Gasteiger charge is -2.27. The number of methoxy groups -OCH3 is 1. The van der Waals surface area contributed by atoms with Crippen LogP contribution in [0, 0.1) is 11.9 Å². The SMILES string of the molecule is CNC1CCC(C(=O)NCc2cc(-c3ccc(F)nc3)ccc2OC)CC1. The van der Waals surface area contributed by atoms with Crippen molar-refractivity contribution in [3.05, 3.63) is 48.0 Å². The van der Waals surface area contributed by atoms with Crippen LogP contribution in [-0.2, 0) is 11.3 Å². The molecule has 1 fully saturated rings. The summed E-state index contributed by atoms with van der Waals surface area (Å²) in [6.07, 6.45) is 5.39. The van der Waals surface area contributed by atoms with Gasteiger partial charge in [0.15, 0.2) is 0 Å². The monoisotopic (exact) mass is 371 g/mol. The van der Waals surface area contributed by atoms with Crippen LogP contribution in [0.15, 0.2) is 36.5 Å². The Morgan fingerprint density at radius 3 is 2.56 bits per heavy atom. The highest BCUT2D eigenvalue weighted by molar-refractivity contribution is 5.79. The van der Waals surface area contributed by atoms with Crippen LogP contribution in [0.3, 0.4) is 0 Å². The molecule has 5 nitrogen and oxygen atoms in total. The number of amides is 1. The van der Waals surface area contributed by atoms with Crippen LogP contribution in [-0.4, -0.2) is 31.1 Å². The molecule has 0 aliphatic heterocycles. The number of halogens is 1. The number of aromatic nitrogens is 1. The third-order valence-electron chi connectivity index (χ3n) is 5.30. The Morgan fingerprint density at radius 2 is 1.93 bits per heavy atom. The maximum atomic E-state index is 13.1. The van der Waals surface area contributed by atoms with Gasteiger partial charge in [0.25, 0.3) is 0 Å². The van der Waals surface area contributed by atoms with E-state index >= 15 is 0 Å². The summed E-state index contributed by atoms with van der Waals surface area (Å²) in [5.41, 5.74) is 2.61. The van der Waals surface area contributed by atoms with E-state index in [1.807, 2.05) is 25.2 Å². The molecule has 1 aromatic carbocycles. The highest BCUT2D eigenvalue weighted by atomic mass is 19.1. The fourth-order valence-corrected chi connectivity index (χ4v) is 3.61. The van der Waals surface area contributed by atoms with Gasteiger partial charge >= 0.3 is 0 Å². The molecule has 1 amide bonds. The van der Waals surface area contributed by atoms with E-state index in [-0.39, 0.29) is 11.8 Å². The fraction of sp³-hybridized carbons (Fsp3) is 0.429. The van der Waals surface area contributed by atoms with E-state index in [0.717, 1.165) is 42.4 Å². The van der Waals surface area contributed by atoms with Crippen molar-refractivity contribution in [2.45, 2.75) is 38.3 Å². The molecule has 0 radical (unpaired) electrons. The number of hydrogen-bond acceptors (Lipinski definition) is 4. The molecule has 2 aromatic rings. The van der Waals surface area contributed by atoms with E-state index in [9.17, 15) is 9.18 Å². The molecule has 0 spiro atoms. The van der Waals surface area contributed by atoms with E-state index in [1.165, 1.54) is 12.3 Å². The molecule has 1 aromatic heterocycles. The highest BCUT2D eigenvalue weighted by Gasteiger charge is 2.25. The fourth-order valence-electron chi connectivity index (χ4n) is 3.61. The first-order valence-electron chi connectivity index (χ1n) is 9.34. The molecule has 0 bridgehead atoms. The van der Waals surface area contributed by atoms with E-state index in [1.54, 1.807) is 13.2 Å². The first kappa shape index (κ1) is 19.3. The molecule has 2 N–H and O–H groups in total. The van der Waals surface area contributed by atoms with Gasteiger partial charge < -0.3 is 15.4 Å². The summed E-state index contributed by atoms with van der Waals surface area (Å²) in [6, 6.07) is 9.26. The number of ether oxygens (including phenoxy) is 1. The number of benzene rings is 1. The molecule has 27 heavy (non-hydrogen) atoms. The first-order chi connectivity index (χ1) is 13.1. The molecule has 0 atom stereocenters. The lowest BCUT2D eigenvalue weighted by Crippen LogP contribution is -2.37. The Balaban J connectivity index is 1.67. The molecule has 3 rings (SSSR count). The number of pyridine rings is 1. The van der Waals surface area contributed by atoms with Crippen molar-refractivity contribution in [1.82, 2.24) is 15.6 Å². The number of rotatable bonds is 6. The molecule has 0 saturated heterocycles. The van der Waals surface area contributed by atoms with Crippen molar-refractivity contribution in [2.24, 2.45) is 5.92 Å². The van der Waals surface area contributed by atoms with Gasteiger partial charge in [0.2, 0.25) is 11.9 Å². The average molecular weight is 371 g/mol. The molecular weight excluding hydrogens is 345 g/mol. The second-order valence-electron chi connectivity index (χ2n) is 6.95. The topological polar surface area (TPSA) is 63.2 Å². The quantitative estimate of drug-likeness (QED) is 0.765. The van der Waals surface area contributed by atoms with Gasteiger partial charge in [-0.25, -0.2) is 4.98 Å². The van der Waals surface area contributed by atoms with Gasteiger partial charge in [0.05, 0.1) is 7.11 Å². The van der Waals surface area contributed by atoms with Gasteiger partial charge in [-0.05, 0) is 62.6 Å². The van der Waals surface area contributed by atoms with Crippen molar-refractivity contribution in [3.63, 3.8) is 0 Å². The van der Waals surface area contributed by atoms with Crippen LogP contribution < -0.4 is 15.4 Å². The average Bonchev–Trinajstić information content (AvgIpc) is 2.72. The zero-order chi connectivity index (χ0) is 19.2. The highest BCUT2D eigenvalue weighted by Crippen LogP contribution is 2.27. The Hall–Kier alpha value is -2.47. The van der Waals surface area contributed by atoms with Crippen molar-refractivity contribution in [1.29, 1.82) is 0 Å². The van der Waals surface area contributed by atoms with Crippen molar-refractivity contribution >= 4 is 5.91 Å². The van der Waals surface area contributed by atoms with E-state index in [0.29, 0.717) is 18.3 Å². The zero-order valence-electron chi connectivity index (χ0n) is 15.8. The van der Waals surface area contributed by atoms with Gasteiger partial charge in [0, 0.05) is 35.8 Å². The van der Waals surface area contributed by atoms with Crippen LogP contribution in [0.25, 0.3) is 11.1 Å². The summed E-state index contributed by atoms with van der Waals surface area (Å²) < 4.78 is 18.5. The number of nitrogens with zero attached hydrogens (tertiary/aromatic N) is 1. The van der Waals surface area contributed by atoms with Gasteiger partial charge in [-0.15, -0.1) is 0 Å². The largest absolute Gasteiger partial charge is 0.496 e. The Morgan fingerprint density at radius 1 is 1.19 bits per heavy atom. The summed E-state index contributed by atoms with van der Waals surface area (Å²) in [6.45, 7) is 0.399. The number of nitrogens with one attached hydrogen (secondary N) is 2. The predicted octanol–water partition coefficient (Wildman–Crippen LogP) is 3.29. The summed E-state index contributed by atoms with van der Waals surface area (Å²) in [5.74, 6) is 0.381. The molecule has 1 saturated carbocycles. The summed E-state index contributed by atoms with van der Waals surface area (Å²) in [4.78, 5) is 16.2.